The van der Waals surface area contributed by atoms with Crippen LogP contribution in [-0.2, 0) is 9.59 Å². The monoisotopic (exact) mass is 890 g/mol. The number of pyridine rings is 1. The van der Waals surface area contributed by atoms with Crippen LogP contribution in [0.4, 0.5) is 25.4 Å². The van der Waals surface area contributed by atoms with E-state index in [1.165, 1.54) is 28.3 Å². The molecule has 0 bridgehead atoms. The van der Waals surface area contributed by atoms with Crippen molar-refractivity contribution in [1.29, 1.82) is 0 Å². The van der Waals surface area contributed by atoms with Gasteiger partial charge in [0.1, 0.15) is 29.1 Å². The van der Waals surface area contributed by atoms with E-state index >= 15 is 4.39 Å². The Kier molecular flexibility index (Phi) is 12.7. The Hall–Kier alpha value is -6.66. The van der Waals surface area contributed by atoms with Gasteiger partial charge in [-0.25, -0.2) is 28.9 Å². The molecular weight excluding hydrogens is 836 g/mol. The number of β-amino-alcohol motifs (C(OH)–C–C–N with tert-alkyl or cyclic N) is 1. The number of urea groups is 2. The molecule has 0 saturated carbocycles. The quantitative estimate of drug-likeness (QED) is 0.103. The van der Waals surface area contributed by atoms with Crippen molar-refractivity contribution in [3.05, 3.63) is 78.0 Å². The maximum Gasteiger partial charge on any atom is 0.328 e. The van der Waals surface area contributed by atoms with Crippen LogP contribution < -0.4 is 25.0 Å². The van der Waals surface area contributed by atoms with Crippen LogP contribution in [0, 0.1) is 25.1 Å². The van der Waals surface area contributed by atoms with E-state index in [-0.39, 0.29) is 49.9 Å². The molecule has 8 rings (SSSR count). The third kappa shape index (κ3) is 10.5. The second-order valence-electron chi connectivity index (χ2n) is 18.3. The van der Waals surface area contributed by atoms with Gasteiger partial charge in [0.25, 0.3) is 5.91 Å². The van der Waals surface area contributed by atoms with Crippen LogP contribution in [0.2, 0.25) is 0 Å². The maximum absolute atomic E-state index is 15.1. The van der Waals surface area contributed by atoms with Crippen LogP contribution in [0.1, 0.15) is 51.2 Å². The van der Waals surface area contributed by atoms with Crippen molar-refractivity contribution in [2.75, 3.05) is 75.8 Å². The first kappa shape index (κ1) is 44.9. The van der Waals surface area contributed by atoms with Gasteiger partial charge in [-0.3, -0.25) is 24.7 Å². The number of ether oxygens (including phenoxy) is 2. The van der Waals surface area contributed by atoms with Gasteiger partial charge >= 0.3 is 12.1 Å². The van der Waals surface area contributed by atoms with Gasteiger partial charge in [0, 0.05) is 91.9 Å². The van der Waals surface area contributed by atoms with Crippen LogP contribution in [0.15, 0.2) is 61.1 Å². The number of aromatic nitrogens is 4. The number of hydrogen-bond donors (Lipinski definition) is 4. The molecule has 18 heteroatoms. The first-order valence-electron chi connectivity index (χ1n) is 21.9. The Labute approximate surface area is 376 Å². The summed E-state index contributed by atoms with van der Waals surface area (Å²) in [6, 6.07) is 12.7. The summed E-state index contributed by atoms with van der Waals surface area (Å²) in [7, 11) is 0. The van der Waals surface area contributed by atoms with Crippen molar-refractivity contribution in [1.82, 2.24) is 40.0 Å². The molecule has 3 saturated heterocycles. The number of carbonyl (C=O) groups is 4. The van der Waals surface area contributed by atoms with Gasteiger partial charge in [0.05, 0.1) is 31.1 Å². The molecule has 6 amide bonds. The largest absolute Gasteiger partial charge is 0.484 e. The summed E-state index contributed by atoms with van der Waals surface area (Å²) >= 11 is 0. The van der Waals surface area contributed by atoms with Crippen molar-refractivity contribution in [3.63, 3.8) is 0 Å². The number of amides is 6. The fourth-order valence-electron chi connectivity index (χ4n) is 8.78. The Morgan fingerprint density at radius 2 is 1.72 bits per heavy atom. The molecule has 0 unspecified atom stereocenters. The smallest absolute Gasteiger partial charge is 0.328 e. The van der Waals surface area contributed by atoms with E-state index in [1.807, 2.05) is 45.9 Å². The van der Waals surface area contributed by atoms with Crippen LogP contribution in [0.5, 0.6) is 11.6 Å². The summed E-state index contributed by atoms with van der Waals surface area (Å²) in [6.45, 7) is 14.3. The standard InChI is InChI=1S/C47H55FN10O7/c1-29-7-9-33(21-38(29)58-13-11-39(59)54-45(58)62)65-24-41(60)56-16-14-55(15-17-56)12-6-18-64-40-10-8-31(23-49-40)37-22-35-42(50-28-51-43(35)52-37)34-19-32(48)20-36(30(34)2)53-44(61)57-26-47(63,27-57)25-46(3,4)5/h7-10,19-23,28,63H,6,11-18,24-27H2,1-5H3,(H,53,61)(H,50,51,52)(H,54,59,62). The van der Waals surface area contributed by atoms with Crippen LogP contribution in [-0.4, -0.2) is 135 Å². The van der Waals surface area contributed by atoms with Crippen molar-refractivity contribution < 1.29 is 38.1 Å². The maximum atomic E-state index is 15.1. The van der Waals surface area contributed by atoms with Gasteiger partial charge in [-0.15, -0.1) is 0 Å². The van der Waals surface area contributed by atoms with Crippen LogP contribution in [0.3, 0.4) is 0 Å². The number of H-pyrrole nitrogens is 1. The fourth-order valence-corrected chi connectivity index (χ4v) is 8.78. The van der Waals surface area contributed by atoms with Crippen molar-refractivity contribution >= 4 is 46.3 Å². The van der Waals surface area contributed by atoms with Gasteiger partial charge in [-0.1, -0.05) is 26.8 Å². The van der Waals surface area contributed by atoms with E-state index in [2.05, 4.69) is 35.5 Å². The fraction of sp³-hybridized carbons (Fsp3) is 0.426. The van der Waals surface area contributed by atoms with Crippen molar-refractivity contribution in [3.8, 4) is 34.1 Å². The third-order valence-electron chi connectivity index (χ3n) is 11.9. The van der Waals surface area contributed by atoms with E-state index in [9.17, 15) is 24.3 Å². The van der Waals surface area contributed by atoms with E-state index in [0.29, 0.717) is 77.0 Å². The Bertz CT molecular complexity index is 2600. The SMILES string of the molecule is Cc1ccc(OCC(=O)N2CCN(CCCOc3ccc(-c4cc5c(-c6cc(F)cc(NC(=O)N7CC(O)(CC(C)(C)C)C7)c6C)ncnc5[nH]4)cn3)CC2)cc1N1CCC(=O)NC1=O. The summed E-state index contributed by atoms with van der Waals surface area (Å²) in [5.74, 6) is 0.0130. The number of aliphatic hydroxyl groups is 1. The summed E-state index contributed by atoms with van der Waals surface area (Å²) in [4.78, 5) is 74.0. The highest BCUT2D eigenvalue weighted by molar-refractivity contribution is 6.06. The number of anilines is 2. The topological polar surface area (TPSA) is 198 Å². The van der Waals surface area contributed by atoms with Crippen LogP contribution >= 0.6 is 0 Å². The number of likely N-dealkylation sites (tertiary alicyclic amines) is 1. The van der Waals surface area contributed by atoms with Gasteiger partial charge in [0.2, 0.25) is 11.8 Å². The van der Waals surface area contributed by atoms with E-state index in [4.69, 9.17) is 9.47 Å². The van der Waals surface area contributed by atoms with E-state index < -0.39 is 23.5 Å². The number of hydrogen-bond acceptors (Lipinski definition) is 11. The molecule has 3 aliphatic rings. The van der Waals surface area contributed by atoms with Gasteiger partial charge < -0.3 is 34.7 Å². The molecule has 3 aromatic heterocycles. The molecule has 3 aliphatic heterocycles. The summed E-state index contributed by atoms with van der Waals surface area (Å²) < 4.78 is 26.9. The number of nitrogens with zero attached hydrogens (tertiary/aromatic N) is 7. The Morgan fingerprint density at radius 1 is 0.938 bits per heavy atom. The minimum Gasteiger partial charge on any atom is -0.484 e. The molecule has 6 heterocycles. The number of benzene rings is 2. The molecule has 0 spiro atoms. The van der Waals surface area contributed by atoms with Crippen LogP contribution in [0.25, 0.3) is 33.5 Å². The third-order valence-corrected chi connectivity index (χ3v) is 11.9. The van der Waals surface area contributed by atoms with Gasteiger partial charge in [-0.2, -0.15) is 0 Å². The molecule has 0 radical (unpaired) electrons. The molecular formula is C47H55FN10O7. The van der Waals surface area contributed by atoms with E-state index in [1.54, 1.807) is 36.2 Å². The predicted octanol–water partition coefficient (Wildman–Crippen LogP) is 5.90. The van der Waals surface area contributed by atoms with E-state index in [0.717, 1.165) is 42.9 Å². The zero-order valence-corrected chi connectivity index (χ0v) is 37.4. The Balaban J connectivity index is 0.797. The number of aromatic amines is 1. The molecule has 4 N–H and O–H groups in total. The number of rotatable bonds is 13. The highest BCUT2D eigenvalue weighted by atomic mass is 19.1. The van der Waals surface area contributed by atoms with Gasteiger partial charge in [0.15, 0.2) is 6.61 Å². The lowest BCUT2D eigenvalue weighted by molar-refractivity contribution is -0.135. The molecule has 65 heavy (non-hydrogen) atoms. The average Bonchev–Trinajstić information content (AvgIpc) is 3.70. The Morgan fingerprint density at radius 3 is 2.45 bits per heavy atom. The normalized spacial score (nSPS) is 16.6. The molecule has 0 aliphatic carbocycles. The second-order valence-corrected chi connectivity index (χ2v) is 18.3. The minimum absolute atomic E-state index is 0.0901. The molecule has 17 nitrogen and oxygen atoms in total. The first-order chi connectivity index (χ1) is 31.0. The number of carbonyl (C=O) groups excluding carboxylic acids is 4. The highest BCUT2D eigenvalue weighted by Crippen LogP contribution is 2.37. The summed E-state index contributed by atoms with van der Waals surface area (Å²) in [6.07, 6.45) is 4.67. The highest BCUT2D eigenvalue weighted by Gasteiger charge is 2.46. The number of aryl methyl sites for hydroxylation is 1. The lowest BCUT2D eigenvalue weighted by Gasteiger charge is -2.48. The molecule has 342 valence electrons. The van der Waals surface area contributed by atoms with Crippen molar-refractivity contribution in [2.24, 2.45) is 5.41 Å². The first-order valence-corrected chi connectivity index (χ1v) is 21.9. The predicted molar refractivity (Wildman–Crippen MR) is 242 cm³/mol. The minimum atomic E-state index is -0.942. The summed E-state index contributed by atoms with van der Waals surface area (Å²) in [5.41, 5.74) is 4.51. The zero-order chi connectivity index (χ0) is 46.0. The number of nitrogens with one attached hydrogen (secondary N) is 3. The zero-order valence-electron chi connectivity index (χ0n) is 37.4. The molecule has 3 fully saturated rings. The second kappa shape index (κ2) is 18.4. The number of halogens is 1. The molecule has 0 atom stereocenters. The lowest BCUT2D eigenvalue weighted by Crippen LogP contribution is -2.65. The molecule has 2 aromatic carbocycles. The lowest BCUT2D eigenvalue weighted by atomic mass is 9.78. The number of imide groups is 1. The number of piperazine rings is 1. The number of fused-ring (bicyclic) bond motifs is 1. The van der Waals surface area contributed by atoms with Gasteiger partial charge in [-0.05, 0) is 73.6 Å². The van der Waals surface area contributed by atoms with Crippen molar-refractivity contribution in [2.45, 2.75) is 59.5 Å². The molecule has 5 aromatic rings. The average molecular weight is 891 g/mol. The summed E-state index contributed by atoms with van der Waals surface area (Å²) in [5, 5.41) is 16.7.